The molecule has 0 spiro atoms. The number of rotatable bonds is 10. The number of aromatic nitrogens is 4. The number of anilines is 1. The molecule has 0 bridgehead atoms. The molecule has 1 aliphatic carbocycles. The maximum Gasteiger partial charge on any atom is 0.355 e. The SMILES string of the molecule is CCC(CC)Oc1ccc2n(n1)c(N)n[n+]2CC(=O)c1cc(OCC2CCC2)cc(C(C)(C)C)c1.[Cl-]. The molecule has 1 fully saturated rings. The molecule has 36 heavy (non-hydrogen) atoms. The van der Waals surface area contributed by atoms with Gasteiger partial charge in [0.25, 0.3) is 5.88 Å². The van der Waals surface area contributed by atoms with Crippen LogP contribution in [0.4, 0.5) is 5.95 Å². The van der Waals surface area contributed by atoms with Crippen LogP contribution in [0.25, 0.3) is 5.65 Å². The van der Waals surface area contributed by atoms with Crippen molar-refractivity contribution in [2.75, 3.05) is 12.3 Å². The molecule has 9 heteroatoms. The third-order valence-corrected chi connectivity index (χ3v) is 6.79. The molecule has 2 aromatic heterocycles. The first kappa shape index (κ1) is 27.7. The van der Waals surface area contributed by atoms with Crippen LogP contribution in [0, 0.1) is 5.92 Å². The van der Waals surface area contributed by atoms with Gasteiger partial charge in [-0.05, 0) is 71.0 Å². The van der Waals surface area contributed by atoms with Gasteiger partial charge >= 0.3 is 11.6 Å². The van der Waals surface area contributed by atoms with E-state index >= 15 is 0 Å². The molecule has 0 aliphatic heterocycles. The number of halogens is 1. The van der Waals surface area contributed by atoms with E-state index in [4.69, 9.17) is 15.2 Å². The molecule has 1 aliphatic rings. The zero-order chi connectivity index (χ0) is 25.2. The number of hydrogen-bond donors (Lipinski definition) is 1. The lowest BCUT2D eigenvalue weighted by Crippen LogP contribution is -3.00. The fourth-order valence-corrected chi connectivity index (χ4v) is 4.16. The Morgan fingerprint density at radius 3 is 2.53 bits per heavy atom. The number of nitrogens with zero attached hydrogens (tertiary/aromatic N) is 4. The van der Waals surface area contributed by atoms with E-state index in [-0.39, 0.29) is 42.2 Å². The first-order valence-corrected chi connectivity index (χ1v) is 12.7. The van der Waals surface area contributed by atoms with Gasteiger partial charge in [-0.3, -0.25) is 4.79 Å². The van der Waals surface area contributed by atoms with Gasteiger partial charge in [0.05, 0.1) is 6.61 Å². The highest BCUT2D eigenvalue weighted by Gasteiger charge is 2.25. The van der Waals surface area contributed by atoms with E-state index in [1.807, 2.05) is 18.2 Å². The molecule has 4 rings (SSSR count). The molecule has 8 nitrogen and oxygen atoms in total. The van der Waals surface area contributed by atoms with Crippen LogP contribution in [-0.4, -0.2) is 33.2 Å². The average Bonchev–Trinajstić information content (AvgIpc) is 3.10. The third-order valence-electron chi connectivity index (χ3n) is 6.79. The van der Waals surface area contributed by atoms with E-state index < -0.39 is 0 Å². The molecular weight excluding hydrogens is 478 g/mol. The van der Waals surface area contributed by atoms with Gasteiger partial charge in [0.1, 0.15) is 11.9 Å². The van der Waals surface area contributed by atoms with Gasteiger partial charge in [0.2, 0.25) is 5.78 Å². The van der Waals surface area contributed by atoms with Crippen LogP contribution in [0.15, 0.2) is 30.3 Å². The van der Waals surface area contributed by atoms with Crippen molar-refractivity contribution in [3.05, 3.63) is 41.5 Å². The maximum absolute atomic E-state index is 13.4. The Balaban J connectivity index is 0.00000361. The molecule has 0 amide bonds. The highest BCUT2D eigenvalue weighted by atomic mass is 35.5. The molecule has 2 N–H and O–H groups in total. The number of benzene rings is 1. The van der Waals surface area contributed by atoms with E-state index in [9.17, 15) is 4.79 Å². The highest BCUT2D eigenvalue weighted by Crippen LogP contribution is 2.31. The van der Waals surface area contributed by atoms with Gasteiger partial charge in [0.15, 0.2) is 6.54 Å². The Hall–Kier alpha value is -2.87. The number of fused-ring (bicyclic) bond motifs is 1. The number of nitrogen functional groups attached to an aromatic ring is 1. The van der Waals surface area contributed by atoms with Gasteiger partial charge in [-0.15, -0.1) is 4.68 Å². The van der Waals surface area contributed by atoms with Crippen LogP contribution in [0.2, 0.25) is 0 Å². The monoisotopic (exact) mass is 515 g/mol. The second kappa shape index (κ2) is 11.5. The van der Waals surface area contributed by atoms with Crippen LogP contribution >= 0.6 is 0 Å². The Labute approximate surface area is 219 Å². The lowest BCUT2D eigenvalue weighted by Gasteiger charge is -2.26. The van der Waals surface area contributed by atoms with Gasteiger partial charge < -0.3 is 27.6 Å². The zero-order valence-electron chi connectivity index (χ0n) is 22.0. The van der Waals surface area contributed by atoms with Gasteiger partial charge in [-0.25, -0.2) is 0 Å². The van der Waals surface area contributed by atoms with Crippen molar-refractivity contribution < 1.29 is 31.4 Å². The second-order valence-corrected chi connectivity index (χ2v) is 10.5. The smallest absolute Gasteiger partial charge is 0.355 e. The van der Waals surface area contributed by atoms with Crippen LogP contribution < -0.4 is 32.3 Å². The summed E-state index contributed by atoms with van der Waals surface area (Å²) in [5.74, 6) is 1.99. The Kier molecular flexibility index (Phi) is 8.82. The largest absolute Gasteiger partial charge is 1.00 e. The average molecular weight is 516 g/mol. The van der Waals surface area contributed by atoms with Gasteiger partial charge in [-0.1, -0.05) is 45.6 Å². The topological polar surface area (TPSA) is 95.6 Å². The predicted molar refractivity (Wildman–Crippen MR) is 135 cm³/mol. The van der Waals surface area contributed by atoms with Crippen LogP contribution in [0.5, 0.6) is 11.6 Å². The fraction of sp³-hybridized carbons (Fsp3) is 0.556. The van der Waals surface area contributed by atoms with Gasteiger partial charge in [-0.2, -0.15) is 0 Å². The molecule has 0 unspecified atom stereocenters. The molecule has 0 radical (unpaired) electrons. The van der Waals surface area contributed by atoms with Gasteiger partial charge in [0, 0.05) is 17.7 Å². The first-order valence-electron chi connectivity index (χ1n) is 12.7. The Bertz CT molecular complexity index is 1200. The van der Waals surface area contributed by atoms with E-state index in [0.717, 1.165) is 24.2 Å². The van der Waals surface area contributed by atoms with Crippen LogP contribution in [-0.2, 0) is 12.0 Å². The van der Waals surface area contributed by atoms with E-state index in [0.29, 0.717) is 29.6 Å². The number of nitrogens with two attached hydrogens (primary N) is 1. The van der Waals surface area contributed by atoms with Crippen LogP contribution in [0.3, 0.4) is 0 Å². The summed E-state index contributed by atoms with van der Waals surface area (Å²) in [6.07, 6.45) is 5.59. The Morgan fingerprint density at radius 1 is 1.19 bits per heavy atom. The van der Waals surface area contributed by atoms with E-state index in [2.05, 4.69) is 50.9 Å². The number of hydrogen-bond acceptors (Lipinski definition) is 6. The van der Waals surface area contributed by atoms with Crippen molar-refractivity contribution in [2.45, 2.75) is 84.8 Å². The summed E-state index contributed by atoms with van der Waals surface area (Å²) in [5.41, 5.74) is 8.32. The summed E-state index contributed by atoms with van der Waals surface area (Å²) >= 11 is 0. The van der Waals surface area contributed by atoms with Crippen LogP contribution in [0.1, 0.15) is 82.6 Å². The minimum absolute atomic E-state index is 0. The number of ether oxygens (including phenoxy) is 2. The fourth-order valence-electron chi connectivity index (χ4n) is 4.16. The lowest BCUT2D eigenvalue weighted by atomic mass is 9.85. The van der Waals surface area contributed by atoms with E-state index in [1.165, 1.54) is 23.8 Å². The minimum Gasteiger partial charge on any atom is -1.00 e. The van der Waals surface area contributed by atoms with Crippen molar-refractivity contribution in [1.82, 2.24) is 14.7 Å². The number of Topliss-reactive ketones (excluding diaryl/α,β-unsaturated/α-hetero) is 1. The molecule has 1 saturated carbocycles. The summed E-state index contributed by atoms with van der Waals surface area (Å²) in [6.45, 7) is 11.3. The molecule has 2 heterocycles. The third kappa shape index (κ3) is 6.27. The van der Waals surface area contributed by atoms with Crippen molar-refractivity contribution >= 4 is 17.4 Å². The highest BCUT2D eigenvalue weighted by molar-refractivity contribution is 5.95. The lowest BCUT2D eigenvalue weighted by molar-refractivity contribution is -0.714. The summed E-state index contributed by atoms with van der Waals surface area (Å²) in [4.78, 5) is 13.4. The molecule has 196 valence electrons. The second-order valence-electron chi connectivity index (χ2n) is 10.5. The quantitative estimate of drug-likeness (QED) is 0.325. The minimum atomic E-state index is -0.112. The molecule has 0 saturated heterocycles. The summed E-state index contributed by atoms with van der Waals surface area (Å²) < 4.78 is 15.1. The van der Waals surface area contributed by atoms with Crippen molar-refractivity contribution in [1.29, 1.82) is 0 Å². The molecule has 1 aromatic carbocycles. The number of ketones is 1. The predicted octanol–water partition coefficient (Wildman–Crippen LogP) is 1.53. The van der Waals surface area contributed by atoms with E-state index in [1.54, 1.807) is 10.7 Å². The van der Waals surface area contributed by atoms with Crippen molar-refractivity contribution in [2.24, 2.45) is 5.92 Å². The Morgan fingerprint density at radius 2 is 1.92 bits per heavy atom. The standard InChI is InChI=1S/C27H38N5O3.ClH/c1-6-21(7-2)35-24-11-12-25-31(30-26(28)32(25)29-24)16-23(33)19-13-20(27(3,4)5)15-22(14-19)34-17-18-9-8-10-18;/h11-15,18,21H,6-10,16-17H2,1-5H3,(H2,28,30);1H/q+1;/p-1. The summed E-state index contributed by atoms with van der Waals surface area (Å²) in [7, 11) is 0. The normalized spacial score (nSPS) is 13.9. The molecular formula is C27H38ClN5O3. The zero-order valence-corrected chi connectivity index (χ0v) is 22.7. The van der Waals surface area contributed by atoms with Crippen molar-refractivity contribution in [3.8, 4) is 11.6 Å². The van der Waals surface area contributed by atoms with Crippen molar-refractivity contribution in [3.63, 3.8) is 0 Å². The number of carbonyl (C=O) groups is 1. The molecule has 3 aromatic rings. The first-order chi connectivity index (χ1) is 16.7. The maximum atomic E-state index is 13.4. The molecule has 0 atom stereocenters. The summed E-state index contributed by atoms with van der Waals surface area (Å²) in [6, 6.07) is 9.49. The summed E-state index contributed by atoms with van der Waals surface area (Å²) in [5, 5.41) is 8.86. The number of carbonyl (C=O) groups excluding carboxylic acids is 1.